The van der Waals surface area contributed by atoms with Gasteiger partial charge < -0.3 is 29.6 Å². The Kier molecular flexibility index (Phi) is 6.00. The van der Waals surface area contributed by atoms with Gasteiger partial charge in [0.1, 0.15) is 29.2 Å². The molecule has 2 aliphatic rings. The SMILES string of the molecule is CC(C)n1c(C(C)(C)O)nc2c(F)cc(-c3nc(NC4C[C@@H]5O[C@@H]([C@@H](C)O5)[C@H]4O)ncc3Cl)cc21. The van der Waals surface area contributed by atoms with Gasteiger partial charge in [0, 0.05) is 18.0 Å². The van der Waals surface area contributed by atoms with Crippen LogP contribution in [0.4, 0.5) is 10.3 Å². The van der Waals surface area contributed by atoms with Gasteiger partial charge in [-0.05, 0) is 46.8 Å². The largest absolute Gasteiger partial charge is 0.388 e. The molecular formula is C24H29ClFN5O4. The molecule has 188 valence electrons. The molecule has 11 heteroatoms. The number of nitrogens with one attached hydrogen (secondary N) is 1. The Labute approximate surface area is 207 Å². The molecule has 0 radical (unpaired) electrons. The summed E-state index contributed by atoms with van der Waals surface area (Å²) in [5.74, 6) is 0.0703. The fraction of sp³-hybridized carbons (Fsp3) is 0.542. The number of imidazole rings is 1. The van der Waals surface area contributed by atoms with Gasteiger partial charge in [0.05, 0.1) is 34.6 Å². The minimum Gasteiger partial charge on any atom is -0.388 e. The number of anilines is 1. The third kappa shape index (κ3) is 4.27. The first-order chi connectivity index (χ1) is 16.4. The Morgan fingerprint density at radius 3 is 2.69 bits per heavy atom. The Bertz CT molecular complexity index is 1280. The summed E-state index contributed by atoms with van der Waals surface area (Å²) in [6.45, 7) is 8.99. The molecule has 1 aromatic carbocycles. The molecule has 5 rings (SSSR count). The van der Waals surface area contributed by atoms with Crippen LogP contribution in [-0.2, 0) is 15.1 Å². The zero-order valence-electron chi connectivity index (χ0n) is 20.2. The topological polar surface area (TPSA) is 115 Å². The van der Waals surface area contributed by atoms with Crippen LogP contribution in [0.1, 0.15) is 52.9 Å². The van der Waals surface area contributed by atoms with Crippen molar-refractivity contribution in [2.75, 3.05) is 5.32 Å². The molecule has 5 atom stereocenters. The molecule has 4 heterocycles. The maximum atomic E-state index is 15.2. The van der Waals surface area contributed by atoms with Gasteiger partial charge in [-0.25, -0.2) is 19.3 Å². The summed E-state index contributed by atoms with van der Waals surface area (Å²) in [5.41, 5.74) is 0.210. The number of aromatic nitrogens is 4. The lowest BCUT2D eigenvalue weighted by Gasteiger charge is -2.32. The molecule has 2 aliphatic heterocycles. The Hall–Kier alpha value is -2.37. The van der Waals surface area contributed by atoms with Crippen LogP contribution in [0, 0.1) is 5.82 Å². The summed E-state index contributed by atoms with van der Waals surface area (Å²) in [4.78, 5) is 13.2. The van der Waals surface area contributed by atoms with Crippen LogP contribution >= 0.6 is 11.6 Å². The van der Waals surface area contributed by atoms with Crippen LogP contribution in [0.5, 0.6) is 0 Å². The number of rotatable bonds is 5. The highest BCUT2D eigenvalue weighted by molar-refractivity contribution is 6.33. The van der Waals surface area contributed by atoms with Crippen molar-refractivity contribution in [3.8, 4) is 11.3 Å². The summed E-state index contributed by atoms with van der Waals surface area (Å²) < 4.78 is 28.4. The van der Waals surface area contributed by atoms with Crippen LogP contribution in [0.15, 0.2) is 18.3 Å². The van der Waals surface area contributed by atoms with Gasteiger partial charge in [-0.1, -0.05) is 11.6 Å². The average molecular weight is 506 g/mol. The van der Waals surface area contributed by atoms with Gasteiger partial charge in [0.2, 0.25) is 5.95 Å². The Balaban J connectivity index is 1.54. The standard InChI is InChI=1S/C24H29ClFN5O4/c1-10(2)31-16-7-12(6-14(26)19(16)29-22(31)24(4,5)33)18-13(25)9-27-23(30-18)28-15-8-17-34-11(3)21(35-17)20(15)32/h6-7,9-11,15,17,20-21,32-33H,8H2,1-5H3,(H,27,28,30)/t11-,15?,17+,20+,21+/m1/s1. The number of benzene rings is 1. The van der Waals surface area contributed by atoms with Gasteiger partial charge in [-0.2, -0.15) is 0 Å². The van der Waals surface area contributed by atoms with Gasteiger partial charge >= 0.3 is 0 Å². The summed E-state index contributed by atoms with van der Waals surface area (Å²) in [5, 5.41) is 24.7. The first-order valence-electron chi connectivity index (χ1n) is 11.7. The molecule has 2 fully saturated rings. The third-order valence-electron chi connectivity index (χ3n) is 6.48. The van der Waals surface area contributed by atoms with Crippen molar-refractivity contribution in [1.29, 1.82) is 0 Å². The zero-order valence-corrected chi connectivity index (χ0v) is 20.9. The van der Waals surface area contributed by atoms with Gasteiger partial charge in [0.25, 0.3) is 0 Å². The van der Waals surface area contributed by atoms with E-state index in [0.717, 1.165) is 0 Å². The predicted octanol–water partition coefficient (Wildman–Crippen LogP) is 3.77. The smallest absolute Gasteiger partial charge is 0.223 e. The first-order valence-corrected chi connectivity index (χ1v) is 12.0. The van der Waals surface area contributed by atoms with Crippen LogP contribution in [0.3, 0.4) is 0 Å². The number of hydrogen-bond donors (Lipinski definition) is 3. The molecule has 3 aromatic rings. The summed E-state index contributed by atoms with van der Waals surface area (Å²) >= 11 is 6.43. The number of hydrogen-bond acceptors (Lipinski definition) is 8. The van der Waals surface area contributed by atoms with Gasteiger partial charge in [-0.3, -0.25) is 0 Å². The van der Waals surface area contributed by atoms with Crippen molar-refractivity contribution in [2.24, 2.45) is 0 Å². The predicted molar refractivity (Wildman–Crippen MR) is 129 cm³/mol. The number of ether oxygens (including phenoxy) is 2. The molecule has 2 saturated heterocycles. The van der Waals surface area contributed by atoms with E-state index in [-0.39, 0.29) is 34.7 Å². The summed E-state index contributed by atoms with van der Waals surface area (Å²) in [6, 6.07) is 2.63. The lowest BCUT2D eigenvalue weighted by molar-refractivity contribution is -0.124. The molecule has 9 nitrogen and oxygen atoms in total. The third-order valence-corrected chi connectivity index (χ3v) is 6.75. The lowest BCUT2D eigenvalue weighted by Crippen LogP contribution is -2.49. The van der Waals surface area contributed by atoms with Crippen molar-refractivity contribution < 1.29 is 24.1 Å². The van der Waals surface area contributed by atoms with E-state index in [9.17, 15) is 10.2 Å². The van der Waals surface area contributed by atoms with Crippen molar-refractivity contribution in [1.82, 2.24) is 19.5 Å². The van der Waals surface area contributed by atoms with E-state index < -0.39 is 29.9 Å². The number of nitrogens with zero attached hydrogens (tertiary/aromatic N) is 4. The number of halogens is 2. The fourth-order valence-electron chi connectivity index (χ4n) is 4.87. The lowest BCUT2D eigenvalue weighted by atomic mass is 9.98. The van der Waals surface area contributed by atoms with E-state index in [1.807, 2.05) is 25.3 Å². The molecule has 2 bridgehead atoms. The summed E-state index contributed by atoms with van der Waals surface area (Å²) in [6.07, 6.45) is 0.0162. The summed E-state index contributed by atoms with van der Waals surface area (Å²) in [7, 11) is 0. The molecular weight excluding hydrogens is 477 g/mol. The second-order valence-corrected chi connectivity index (χ2v) is 10.4. The molecule has 0 amide bonds. The minimum atomic E-state index is -1.26. The number of fused-ring (bicyclic) bond motifs is 3. The molecule has 0 saturated carbocycles. The monoisotopic (exact) mass is 505 g/mol. The highest BCUT2D eigenvalue weighted by atomic mass is 35.5. The normalized spacial score (nSPS) is 26.6. The second-order valence-electron chi connectivity index (χ2n) is 10.0. The van der Waals surface area contributed by atoms with E-state index in [0.29, 0.717) is 29.0 Å². The maximum Gasteiger partial charge on any atom is 0.223 e. The van der Waals surface area contributed by atoms with Crippen molar-refractivity contribution in [3.63, 3.8) is 0 Å². The van der Waals surface area contributed by atoms with E-state index in [2.05, 4.69) is 20.3 Å². The first kappa shape index (κ1) is 24.3. The quantitative estimate of drug-likeness (QED) is 0.480. The molecule has 0 aliphatic carbocycles. The number of aliphatic hydroxyl groups excluding tert-OH is 1. The van der Waals surface area contributed by atoms with Crippen molar-refractivity contribution in [2.45, 2.75) is 83.3 Å². The van der Waals surface area contributed by atoms with E-state index in [1.165, 1.54) is 12.3 Å². The zero-order chi connectivity index (χ0) is 25.2. The maximum absolute atomic E-state index is 15.2. The van der Waals surface area contributed by atoms with Crippen LogP contribution in [-0.4, -0.2) is 60.4 Å². The van der Waals surface area contributed by atoms with Crippen LogP contribution < -0.4 is 5.32 Å². The Morgan fingerprint density at radius 1 is 1.26 bits per heavy atom. The highest BCUT2D eigenvalue weighted by Gasteiger charge is 2.47. The van der Waals surface area contributed by atoms with Crippen LogP contribution in [0.25, 0.3) is 22.3 Å². The van der Waals surface area contributed by atoms with E-state index >= 15 is 4.39 Å². The van der Waals surface area contributed by atoms with E-state index in [1.54, 1.807) is 19.9 Å². The molecule has 2 aromatic heterocycles. The molecule has 35 heavy (non-hydrogen) atoms. The number of aliphatic hydroxyl groups is 2. The molecule has 3 N–H and O–H groups in total. The average Bonchev–Trinajstić information content (AvgIpc) is 3.32. The van der Waals surface area contributed by atoms with E-state index in [4.69, 9.17) is 21.1 Å². The minimum absolute atomic E-state index is 0.0795. The highest BCUT2D eigenvalue weighted by Crippen LogP contribution is 2.36. The van der Waals surface area contributed by atoms with Crippen LogP contribution in [0.2, 0.25) is 5.02 Å². The van der Waals surface area contributed by atoms with Gasteiger partial charge in [0.15, 0.2) is 12.1 Å². The Morgan fingerprint density at radius 2 is 2.00 bits per heavy atom. The van der Waals surface area contributed by atoms with Gasteiger partial charge in [-0.15, -0.1) is 0 Å². The second kappa shape index (κ2) is 8.63. The molecule has 0 spiro atoms. The fourth-order valence-corrected chi connectivity index (χ4v) is 5.07. The van der Waals surface area contributed by atoms with Crippen molar-refractivity contribution >= 4 is 28.6 Å². The molecule has 1 unspecified atom stereocenters. The van der Waals surface area contributed by atoms with Crippen molar-refractivity contribution in [3.05, 3.63) is 35.0 Å².